The molecule has 0 radical (unpaired) electrons. The maximum Gasteiger partial charge on any atom is 0.319 e. The lowest BCUT2D eigenvalue weighted by molar-refractivity contribution is 0.244. The van der Waals surface area contributed by atoms with Gasteiger partial charge < -0.3 is 21.1 Å². The molecule has 19 heavy (non-hydrogen) atoms. The maximum atomic E-state index is 11.7. The van der Waals surface area contributed by atoms with Crippen LogP contribution in [-0.4, -0.2) is 23.2 Å². The Morgan fingerprint density at radius 2 is 2.11 bits per heavy atom. The lowest BCUT2D eigenvalue weighted by atomic mass is 10.1. The summed E-state index contributed by atoms with van der Waals surface area (Å²) in [6, 6.07) is 6.77. The molecule has 1 aromatic rings. The number of anilines is 1. The zero-order valence-corrected chi connectivity index (χ0v) is 12.1. The number of carbonyl (C=O) groups is 1. The first-order chi connectivity index (χ1) is 8.76. The Kier molecular flexibility index (Phi) is 5.11. The van der Waals surface area contributed by atoms with E-state index in [1.165, 1.54) is 0 Å². The van der Waals surface area contributed by atoms with Crippen molar-refractivity contribution in [3.05, 3.63) is 24.3 Å². The van der Waals surface area contributed by atoms with Gasteiger partial charge in [0.15, 0.2) is 0 Å². The molecule has 0 bridgehead atoms. The average Bonchev–Trinajstić information content (AvgIpc) is 2.24. The third-order valence-electron chi connectivity index (χ3n) is 1.96. The van der Waals surface area contributed by atoms with E-state index in [0.717, 1.165) is 0 Å². The van der Waals surface area contributed by atoms with Crippen LogP contribution in [0.4, 0.5) is 10.5 Å². The number of rotatable bonds is 4. The van der Waals surface area contributed by atoms with E-state index >= 15 is 0 Å². The standard InChI is InChI=1S/C13H19N3O2S/c1-13(2,3)16-12(17)15-9-5-4-6-10(7-9)18-8-11(14)19/h4-7H,8H2,1-3H3,(H2,14,19)(H2,15,16,17). The molecule has 4 N–H and O–H groups in total. The zero-order valence-electron chi connectivity index (χ0n) is 11.3. The quantitative estimate of drug-likeness (QED) is 0.740. The Balaban J connectivity index is 2.61. The molecular formula is C13H19N3O2S. The van der Waals surface area contributed by atoms with Crippen molar-refractivity contribution >= 4 is 28.9 Å². The monoisotopic (exact) mass is 281 g/mol. The second kappa shape index (κ2) is 6.38. The summed E-state index contributed by atoms with van der Waals surface area (Å²) in [5, 5.41) is 5.54. The molecule has 1 rings (SSSR count). The van der Waals surface area contributed by atoms with E-state index in [9.17, 15) is 4.79 Å². The molecule has 0 saturated heterocycles. The fraction of sp³-hybridized carbons (Fsp3) is 0.385. The molecule has 0 aliphatic carbocycles. The molecule has 0 aliphatic rings. The van der Waals surface area contributed by atoms with Crippen molar-refractivity contribution in [1.82, 2.24) is 5.32 Å². The van der Waals surface area contributed by atoms with Crippen LogP contribution in [0.3, 0.4) is 0 Å². The van der Waals surface area contributed by atoms with Crippen LogP contribution < -0.4 is 21.1 Å². The molecule has 0 spiro atoms. The molecule has 0 unspecified atom stereocenters. The van der Waals surface area contributed by atoms with E-state index in [-0.39, 0.29) is 23.2 Å². The van der Waals surface area contributed by atoms with Crippen molar-refractivity contribution in [2.75, 3.05) is 11.9 Å². The third-order valence-corrected chi connectivity index (χ3v) is 2.08. The number of carbonyl (C=O) groups excluding carboxylic acids is 1. The molecule has 104 valence electrons. The molecule has 6 heteroatoms. The Morgan fingerprint density at radius 1 is 1.42 bits per heavy atom. The van der Waals surface area contributed by atoms with E-state index in [2.05, 4.69) is 10.6 Å². The van der Waals surface area contributed by atoms with Gasteiger partial charge in [0.25, 0.3) is 0 Å². The molecule has 0 atom stereocenters. The Morgan fingerprint density at radius 3 is 2.68 bits per heavy atom. The predicted octanol–water partition coefficient (Wildman–Crippen LogP) is 2.27. The van der Waals surface area contributed by atoms with Gasteiger partial charge >= 0.3 is 6.03 Å². The van der Waals surface area contributed by atoms with Crippen LogP contribution >= 0.6 is 12.2 Å². The van der Waals surface area contributed by atoms with Crippen molar-refractivity contribution in [2.45, 2.75) is 26.3 Å². The minimum absolute atomic E-state index is 0.174. The molecule has 0 heterocycles. The summed E-state index contributed by atoms with van der Waals surface area (Å²) in [5.74, 6) is 0.598. The Bertz CT molecular complexity index is 469. The Hall–Kier alpha value is -1.82. The second-order valence-electron chi connectivity index (χ2n) is 5.11. The predicted molar refractivity (Wildman–Crippen MR) is 80.6 cm³/mol. The fourth-order valence-corrected chi connectivity index (χ4v) is 1.38. The number of urea groups is 1. The van der Waals surface area contributed by atoms with E-state index in [4.69, 9.17) is 22.7 Å². The third kappa shape index (κ3) is 6.61. The van der Waals surface area contributed by atoms with Crippen molar-refractivity contribution in [1.29, 1.82) is 0 Å². The molecular weight excluding hydrogens is 262 g/mol. The van der Waals surface area contributed by atoms with Crippen LogP contribution in [0.15, 0.2) is 24.3 Å². The SMILES string of the molecule is CC(C)(C)NC(=O)Nc1cccc(OCC(N)=S)c1. The van der Waals surface area contributed by atoms with Gasteiger partial charge in [-0.05, 0) is 32.9 Å². The largest absolute Gasteiger partial charge is 0.486 e. The van der Waals surface area contributed by atoms with Crippen LogP contribution in [0.25, 0.3) is 0 Å². The van der Waals surface area contributed by atoms with Gasteiger partial charge in [-0.3, -0.25) is 0 Å². The number of ether oxygens (including phenoxy) is 1. The van der Waals surface area contributed by atoms with Gasteiger partial charge in [-0.25, -0.2) is 4.79 Å². The van der Waals surface area contributed by atoms with Crippen LogP contribution in [0.2, 0.25) is 0 Å². The molecule has 0 fully saturated rings. The van der Waals surface area contributed by atoms with Gasteiger partial charge in [0.05, 0.1) is 0 Å². The van der Waals surface area contributed by atoms with Crippen molar-refractivity contribution < 1.29 is 9.53 Å². The second-order valence-corrected chi connectivity index (χ2v) is 5.64. The first-order valence-corrected chi connectivity index (χ1v) is 6.27. The van der Waals surface area contributed by atoms with Crippen molar-refractivity contribution in [3.8, 4) is 5.75 Å². The van der Waals surface area contributed by atoms with Gasteiger partial charge in [-0.15, -0.1) is 0 Å². The van der Waals surface area contributed by atoms with E-state index in [0.29, 0.717) is 11.4 Å². The number of nitrogens with two attached hydrogens (primary N) is 1. The fourth-order valence-electron chi connectivity index (χ4n) is 1.32. The highest BCUT2D eigenvalue weighted by Crippen LogP contribution is 2.17. The van der Waals surface area contributed by atoms with Crippen molar-refractivity contribution in [2.24, 2.45) is 5.73 Å². The number of hydrogen-bond acceptors (Lipinski definition) is 3. The van der Waals surface area contributed by atoms with E-state index in [1.807, 2.05) is 20.8 Å². The first kappa shape index (κ1) is 15.2. The summed E-state index contributed by atoms with van der Waals surface area (Å²) in [5.41, 5.74) is 5.71. The zero-order chi connectivity index (χ0) is 14.5. The number of hydrogen-bond donors (Lipinski definition) is 3. The summed E-state index contributed by atoms with van der Waals surface area (Å²) >= 11 is 4.73. The summed E-state index contributed by atoms with van der Waals surface area (Å²) in [6.45, 7) is 5.91. The number of benzene rings is 1. The molecule has 5 nitrogen and oxygen atoms in total. The summed E-state index contributed by atoms with van der Waals surface area (Å²) in [7, 11) is 0. The van der Waals surface area contributed by atoms with E-state index in [1.54, 1.807) is 24.3 Å². The molecule has 0 aliphatic heterocycles. The van der Waals surface area contributed by atoms with Crippen LogP contribution in [0.5, 0.6) is 5.75 Å². The average molecular weight is 281 g/mol. The van der Waals surface area contributed by atoms with Gasteiger partial charge in [-0.1, -0.05) is 18.3 Å². The maximum absolute atomic E-state index is 11.7. The molecule has 2 amide bonds. The molecule has 0 aromatic heterocycles. The van der Waals surface area contributed by atoms with Crippen LogP contribution in [-0.2, 0) is 0 Å². The molecule has 0 saturated carbocycles. The highest BCUT2D eigenvalue weighted by Gasteiger charge is 2.13. The van der Waals surface area contributed by atoms with Gasteiger partial charge in [0.1, 0.15) is 17.3 Å². The smallest absolute Gasteiger partial charge is 0.319 e. The lowest BCUT2D eigenvalue weighted by Crippen LogP contribution is -2.43. The number of amides is 2. The van der Waals surface area contributed by atoms with Gasteiger partial charge in [-0.2, -0.15) is 0 Å². The summed E-state index contributed by atoms with van der Waals surface area (Å²) < 4.78 is 5.35. The summed E-state index contributed by atoms with van der Waals surface area (Å²) in [4.78, 5) is 12.0. The molecule has 1 aromatic carbocycles. The highest BCUT2D eigenvalue weighted by molar-refractivity contribution is 7.80. The lowest BCUT2D eigenvalue weighted by Gasteiger charge is -2.20. The minimum atomic E-state index is -0.288. The van der Waals surface area contributed by atoms with Crippen LogP contribution in [0.1, 0.15) is 20.8 Å². The Labute approximate surface area is 118 Å². The van der Waals surface area contributed by atoms with E-state index < -0.39 is 0 Å². The minimum Gasteiger partial charge on any atom is -0.486 e. The van der Waals surface area contributed by atoms with Gasteiger partial charge in [0, 0.05) is 17.3 Å². The number of thiocarbonyl (C=S) groups is 1. The van der Waals surface area contributed by atoms with Crippen LogP contribution in [0, 0.1) is 0 Å². The van der Waals surface area contributed by atoms with Crippen molar-refractivity contribution in [3.63, 3.8) is 0 Å². The number of nitrogens with one attached hydrogen (secondary N) is 2. The first-order valence-electron chi connectivity index (χ1n) is 5.86. The highest BCUT2D eigenvalue weighted by atomic mass is 32.1. The van der Waals surface area contributed by atoms with Gasteiger partial charge in [0.2, 0.25) is 0 Å². The normalized spacial score (nSPS) is 10.7. The topological polar surface area (TPSA) is 76.4 Å². The summed E-state index contributed by atoms with van der Waals surface area (Å²) in [6.07, 6.45) is 0.